The number of rotatable bonds is 5. The number of carbonyl (C=O) groups is 1. The molecule has 1 amide bonds. The minimum Gasteiger partial charge on any atom is -0.496 e. The van der Waals surface area contributed by atoms with Gasteiger partial charge in [0.2, 0.25) is 0 Å². The molecule has 0 radical (unpaired) electrons. The van der Waals surface area contributed by atoms with E-state index in [-0.39, 0.29) is 5.91 Å². The molecule has 2 N–H and O–H groups in total. The first-order valence-electron chi connectivity index (χ1n) is 7.28. The maximum atomic E-state index is 12.4. The van der Waals surface area contributed by atoms with E-state index in [4.69, 9.17) is 9.47 Å². The first-order chi connectivity index (χ1) is 11.2. The molecule has 0 saturated carbocycles. The van der Waals surface area contributed by atoms with Crippen molar-refractivity contribution in [2.75, 3.05) is 14.2 Å². The van der Waals surface area contributed by atoms with Gasteiger partial charge >= 0.3 is 0 Å². The molecule has 0 atom stereocenters. The standard InChI is InChI=1S/C18H18N2O3/c1-22-16-8-5-9-17(23-2)13(16)11-19-18(21)15-10-12-6-3-4-7-14(12)20-15/h3-10,20H,11H2,1-2H3,(H,19,21). The van der Waals surface area contributed by atoms with Gasteiger partial charge in [0.1, 0.15) is 17.2 Å². The molecule has 3 aromatic rings. The van der Waals surface area contributed by atoms with Crippen LogP contribution in [0.1, 0.15) is 16.1 Å². The van der Waals surface area contributed by atoms with E-state index in [9.17, 15) is 4.79 Å². The first kappa shape index (κ1) is 15.0. The van der Waals surface area contributed by atoms with Gasteiger partial charge in [-0.1, -0.05) is 24.3 Å². The predicted octanol–water partition coefficient (Wildman–Crippen LogP) is 3.12. The molecule has 0 aliphatic rings. The molecule has 1 aromatic heterocycles. The second kappa shape index (κ2) is 6.44. The van der Waals surface area contributed by atoms with Gasteiger partial charge in [0.15, 0.2) is 0 Å². The molecule has 118 valence electrons. The zero-order valence-electron chi connectivity index (χ0n) is 13.1. The van der Waals surface area contributed by atoms with Gasteiger partial charge in [0.05, 0.1) is 26.3 Å². The van der Waals surface area contributed by atoms with E-state index < -0.39 is 0 Å². The Kier molecular flexibility index (Phi) is 4.19. The van der Waals surface area contributed by atoms with Crippen molar-refractivity contribution in [3.8, 4) is 11.5 Å². The summed E-state index contributed by atoms with van der Waals surface area (Å²) in [6, 6.07) is 15.1. The molecule has 2 aromatic carbocycles. The summed E-state index contributed by atoms with van der Waals surface area (Å²) in [5.74, 6) is 1.19. The third-order valence-electron chi connectivity index (χ3n) is 3.73. The molecule has 1 heterocycles. The molecule has 0 fully saturated rings. The number of benzene rings is 2. The van der Waals surface area contributed by atoms with Gasteiger partial charge in [-0.05, 0) is 24.3 Å². The Morgan fingerprint density at radius 2 is 1.74 bits per heavy atom. The Bertz CT molecular complexity index is 784. The Balaban J connectivity index is 1.79. The van der Waals surface area contributed by atoms with Crippen LogP contribution in [0.4, 0.5) is 0 Å². The number of methoxy groups -OCH3 is 2. The number of nitrogens with one attached hydrogen (secondary N) is 2. The molecule has 0 unspecified atom stereocenters. The number of para-hydroxylation sites is 1. The predicted molar refractivity (Wildman–Crippen MR) is 89.0 cm³/mol. The molecule has 0 spiro atoms. The highest BCUT2D eigenvalue weighted by Crippen LogP contribution is 2.28. The van der Waals surface area contributed by atoms with Gasteiger partial charge in [0.25, 0.3) is 5.91 Å². The van der Waals surface area contributed by atoms with E-state index in [1.165, 1.54) is 0 Å². The van der Waals surface area contributed by atoms with Crippen LogP contribution in [0.5, 0.6) is 11.5 Å². The molecule has 5 nitrogen and oxygen atoms in total. The number of aromatic nitrogens is 1. The lowest BCUT2D eigenvalue weighted by atomic mass is 10.1. The summed E-state index contributed by atoms with van der Waals surface area (Å²) in [6.45, 7) is 0.321. The van der Waals surface area contributed by atoms with Gasteiger partial charge in [-0.15, -0.1) is 0 Å². The zero-order chi connectivity index (χ0) is 16.2. The third-order valence-corrected chi connectivity index (χ3v) is 3.73. The van der Waals surface area contributed by atoms with E-state index in [0.717, 1.165) is 16.5 Å². The molecular formula is C18H18N2O3. The number of carbonyl (C=O) groups excluding carboxylic acids is 1. The van der Waals surface area contributed by atoms with Crippen molar-refractivity contribution in [1.29, 1.82) is 0 Å². The maximum Gasteiger partial charge on any atom is 0.268 e. The Hall–Kier alpha value is -2.95. The van der Waals surface area contributed by atoms with Crippen LogP contribution in [0.15, 0.2) is 48.5 Å². The maximum absolute atomic E-state index is 12.4. The SMILES string of the molecule is COc1cccc(OC)c1CNC(=O)c1cc2ccccc2[nH]1. The fourth-order valence-electron chi connectivity index (χ4n) is 2.56. The number of hydrogen-bond acceptors (Lipinski definition) is 3. The summed E-state index contributed by atoms with van der Waals surface area (Å²) in [6.07, 6.45) is 0. The third kappa shape index (κ3) is 2.99. The molecule has 3 rings (SSSR count). The number of hydrogen-bond donors (Lipinski definition) is 2. The summed E-state index contributed by atoms with van der Waals surface area (Å²) < 4.78 is 10.7. The minimum absolute atomic E-state index is 0.172. The molecule has 0 saturated heterocycles. The van der Waals surface area contributed by atoms with Crippen molar-refractivity contribution in [1.82, 2.24) is 10.3 Å². The summed E-state index contributed by atoms with van der Waals surface area (Å²) in [5, 5.41) is 3.90. The molecule has 0 aliphatic heterocycles. The largest absolute Gasteiger partial charge is 0.496 e. The Labute approximate surface area is 134 Å². The van der Waals surface area contributed by atoms with Crippen LogP contribution >= 0.6 is 0 Å². The van der Waals surface area contributed by atoms with Crippen molar-refractivity contribution in [2.24, 2.45) is 0 Å². The lowest BCUT2D eigenvalue weighted by Crippen LogP contribution is -2.23. The van der Waals surface area contributed by atoms with Crippen molar-refractivity contribution in [3.63, 3.8) is 0 Å². The monoisotopic (exact) mass is 310 g/mol. The average Bonchev–Trinajstić information content (AvgIpc) is 3.03. The van der Waals surface area contributed by atoms with Crippen molar-refractivity contribution in [2.45, 2.75) is 6.54 Å². The van der Waals surface area contributed by atoms with E-state index in [0.29, 0.717) is 23.7 Å². The summed E-state index contributed by atoms with van der Waals surface area (Å²) in [7, 11) is 3.19. The van der Waals surface area contributed by atoms with Crippen LogP contribution in [-0.2, 0) is 6.54 Å². The van der Waals surface area contributed by atoms with Crippen LogP contribution in [0.3, 0.4) is 0 Å². The number of amides is 1. The molecular weight excluding hydrogens is 292 g/mol. The number of aromatic amines is 1. The van der Waals surface area contributed by atoms with Gasteiger partial charge in [-0.2, -0.15) is 0 Å². The molecule has 23 heavy (non-hydrogen) atoms. The van der Waals surface area contributed by atoms with Gasteiger partial charge in [-0.25, -0.2) is 0 Å². The second-order valence-corrected chi connectivity index (χ2v) is 5.09. The van der Waals surface area contributed by atoms with Crippen LogP contribution in [0.25, 0.3) is 10.9 Å². The van der Waals surface area contributed by atoms with Gasteiger partial charge < -0.3 is 19.8 Å². The van der Waals surface area contributed by atoms with Crippen molar-refractivity contribution >= 4 is 16.8 Å². The summed E-state index contributed by atoms with van der Waals surface area (Å²) in [5.41, 5.74) is 2.27. The van der Waals surface area contributed by atoms with Gasteiger partial charge in [-0.3, -0.25) is 4.79 Å². The normalized spacial score (nSPS) is 10.5. The Morgan fingerprint density at radius 1 is 1.04 bits per heavy atom. The summed E-state index contributed by atoms with van der Waals surface area (Å²) >= 11 is 0. The quantitative estimate of drug-likeness (QED) is 0.761. The van der Waals surface area contributed by atoms with E-state index in [1.807, 2.05) is 48.5 Å². The zero-order valence-corrected chi connectivity index (χ0v) is 13.1. The fourth-order valence-corrected chi connectivity index (χ4v) is 2.56. The number of H-pyrrole nitrogens is 1. The molecule has 0 aliphatic carbocycles. The topological polar surface area (TPSA) is 63.4 Å². The highest BCUT2D eigenvalue weighted by molar-refractivity contribution is 5.98. The van der Waals surface area contributed by atoms with Crippen LogP contribution < -0.4 is 14.8 Å². The smallest absolute Gasteiger partial charge is 0.268 e. The second-order valence-electron chi connectivity index (χ2n) is 5.09. The van der Waals surface area contributed by atoms with E-state index in [1.54, 1.807) is 14.2 Å². The number of fused-ring (bicyclic) bond motifs is 1. The minimum atomic E-state index is -0.172. The highest BCUT2D eigenvalue weighted by atomic mass is 16.5. The van der Waals surface area contributed by atoms with Crippen LogP contribution in [-0.4, -0.2) is 25.1 Å². The van der Waals surface area contributed by atoms with Crippen molar-refractivity contribution < 1.29 is 14.3 Å². The van der Waals surface area contributed by atoms with Crippen LogP contribution in [0, 0.1) is 0 Å². The average molecular weight is 310 g/mol. The highest BCUT2D eigenvalue weighted by Gasteiger charge is 2.13. The Morgan fingerprint density at radius 3 is 2.39 bits per heavy atom. The van der Waals surface area contributed by atoms with Crippen LogP contribution in [0.2, 0.25) is 0 Å². The molecule has 0 bridgehead atoms. The van der Waals surface area contributed by atoms with Crippen molar-refractivity contribution in [3.05, 3.63) is 59.8 Å². The fraction of sp³-hybridized carbons (Fsp3) is 0.167. The van der Waals surface area contributed by atoms with E-state index in [2.05, 4.69) is 10.3 Å². The number of ether oxygens (including phenoxy) is 2. The molecule has 5 heteroatoms. The first-order valence-corrected chi connectivity index (χ1v) is 7.28. The summed E-state index contributed by atoms with van der Waals surface area (Å²) in [4.78, 5) is 15.5. The lowest BCUT2D eigenvalue weighted by Gasteiger charge is -2.13. The van der Waals surface area contributed by atoms with E-state index >= 15 is 0 Å². The van der Waals surface area contributed by atoms with Gasteiger partial charge in [0, 0.05) is 10.9 Å². The lowest BCUT2D eigenvalue weighted by molar-refractivity contribution is 0.0946.